The molecule has 1 saturated carbocycles. The number of hydrogen-bond acceptors (Lipinski definition) is 1. The molecule has 1 aliphatic carbocycles. The van der Waals surface area contributed by atoms with Crippen LogP contribution < -0.4 is 0 Å². The Morgan fingerprint density at radius 2 is 2.00 bits per heavy atom. The fraction of sp³-hybridized carbons (Fsp3) is 0.917. The standard InChI is InChI=1S/C12H21N/c1-2-11-6-9-12(10-13-11)7-4-3-5-8-12/h10-11H,2-9H2,1H3/t11-/m1/s1. The van der Waals surface area contributed by atoms with Crippen LogP contribution in [-0.2, 0) is 0 Å². The highest BCUT2D eigenvalue weighted by Gasteiger charge is 2.32. The van der Waals surface area contributed by atoms with E-state index in [2.05, 4.69) is 13.1 Å². The van der Waals surface area contributed by atoms with Gasteiger partial charge in [-0.05, 0) is 32.1 Å². The summed E-state index contributed by atoms with van der Waals surface area (Å²) in [4.78, 5) is 4.70. The van der Waals surface area contributed by atoms with Crippen molar-refractivity contribution in [2.75, 3.05) is 0 Å². The highest BCUT2D eigenvalue weighted by Crippen LogP contribution is 2.41. The summed E-state index contributed by atoms with van der Waals surface area (Å²) < 4.78 is 0. The van der Waals surface area contributed by atoms with Gasteiger partial charge in [0.2, 0.25) is 0 Å². The molecular formula is C12H21N. The zero-order chi connectivity index (χ0) is 9.15. The fourth-order valence-electron chi connectivity index (χ4n) is 2.80. The summed E-state index contributed by atoms with van der Waals surface area (Å²) >= 11 is 0. The first-order chi connectivity index (χ1) is 6.35. The van der Waals surface area contributed by atoms with Crippen LogP contribution in [0.2, 0.25) is 0 Å². The summed E-state index contributed by atoms with van der Waals surface area (Å²) in [5.41, 5.74) is 0.546. The van der Waals surface area contributed by atoms with E-state index in [0.717, 1.165) is 0 Å². The second-order valence-corrected chi connectivity index (χ2v) is 4.80. The summed E-state index contributed by atoms with van der Waals surface area (Å²) in [5, 5.41) is 0. The van der Waals surface area contributed by atoms with E-state index >= 15 is 0 Å². The van der Waals surface area contributed by atoms with Gasteiger partial charge in [0.05, 0.1) is 0 Å². The smallest absolute Gasteiger partial charge is 0.0493 e. The van der Waals surface area contributed by atoms with Gasteiger partial charge in [0.15, 0.2) is 0 Å². The molecule has 1 nitrogen and oxygen atoms in total. The third-order valence-electron chi connectivity index (χ3n) is 3.86. The predicted octanol–water partition coefficient (Wildman–Crippen LogP) is 3.58. The maximum Gasteiger partial charge on any atom is 0.0493 e. The van der Waals surface area contributed by atoms with Gasteiger partial charge in [-0.25, -0.2) is 0 Å². The Hall–Kier alpha value is -0.330. The average Bonchev–Trinajstić information content (AvgIpc) is 2.20. The van der Waals surface area contributed by atoms with Crippen molar-refractivity contribution in [3.8, 4) is 0 Å². The molecule has 1 heterocycles. The lowest BCUT2D eigenvalue weighted by molar-refractivity contribution is 0.246. The Morgan fingerprint density at radius 1 is 1.23 bits per heavy atom. The Balaban J connectivity index is 2.00. The number of hydrogen-bond donors (Lipinski definition) is 0. The van der Waals surface area contributed by atoms with Crippen molar-refractivity contribution < 1.29 is 0 Å². The molecule has 0 bridgehead atoms. The Bertz CT molecular complexity index is 189. The van der Waals surface area contributed by atoms with Crippen LogP contribution in [0, 0.1) is 5.41 Å². The molecule has 0 N–H and O–H groups in total. The molecule has 1 aliphatic heterocycles. The second kappa shape index (κ2) is 3.81. The van der Waals surface area contributed by atoms with Crippen LogP contribution in [0.4, 0.5) is 0 Å². The Labute approximate surface area is 81.6 Å². The minimum Gasteiger partial charge on any atom is -0.294 e. The van der Waals surface area contributed by atoms with Crippen molar-refractivity contribution in [2.24, 2.45) is 10.4 Å². The van der Waals surface area contributed by atoms with Crippen molar-refractivity contribution in [2.45, 2.75) is 64.3 Å². The Morgan fingerprint density at radius 3 is 2.54 bits per heavy atom. The van der Waals surface area contributed by atoms with Crippen molar-refractivity contribution in [3.63, 3.8) is 0 Å². The van der Waals surface area contributed by atoms with E-state index in [9.17, 15) is 0 Å². The van der Waals surface area contributed by atoms with Gasteiger partial charge in [0.25, 0.3) is 0 Å². The number of rotatable bonds is 1. The second-order valence-electron chi connectivity index (χ2n) is 4.80. The molecule has 0 aromatic carbocycles. The molecule has 1 spiro atoms. The lowest BCUT2D eigenvalue weighted by atomic mass is 9.70. The van der Waals surface area contributed by atoms with E-state index in [4.69, 9.17) is 4.99 Å². The number of nitrogens with zero attached hydrogens (tertiary/aromatic N) is 1. The van der Waals surface area contributed by atoms with Gasteiger partial charge in [-0.2, -0.15) is 0 Å². The lowest BCUT2D eigenvalue weighted by Gasteiger charge is -2.37. The molecule has 1 fully saturated rings. The summed E-state index contributed by atoms with van der Waals surface area (Å²) in [5.74, 6) is 0. The molecular weight excluding hydrogens is 158 g/mol. The van der Waals surface area contributed by atoms with Crippen LogP contribution in [0.15, 0.2) is 4.99 Å². The van der Waals surface area contributed by atoms with Crippen molar-refractivity contribution in [1.82, 2.24) is 0 Å². The van der Waals surface area contributed by atoms with E-state index in [1.165, 1.54) is 51.4 Å². The predicted molar refractivity (Wildman–Crippen MR) is 57.3 cm³/mol. The highest BCUT2D eigenvalue weighted by atomic mass is 14.8. The molecule has 2 rings (SSSR count). The van der Waals surface area contributed by atoms with Crippen molar-refractivity contribution in [1.29, 1.82) is 0 Å². The molecule has 1 heteroatoms. The highest BCUT2D eigenvalue weighted by molar-refractivity contribution is 5.67. The van der Waals surface area contributed by atoms with E-state index in [0.29, 0.717) is 11.5 Å². The van der Waals surface area contributed by atoms with Gasteiger partial charge in [0.1, 0.15) is 0 Å². The maximum absolute atomic E-state index is 4.70. The van der Waals surface area contributed by atoms with Crippen molar-refractivity contribution >= 4 is 6.21 Å². The topological polar surface area (TPSA) is 12.4 Å². The van der Waals surface area contributed by atoms with Crippen LogP contribution >= 0.6 is 0 Å². The van der Waals surface area contributed by atoms with Crippen LogP contribution in [-0.4, -0.2) is 12.3 Å². The first kappa shape index (κ1) is 9.23. The lowest BCUT2D eigenvalue weighted by Crippen LogP contribution is -2.31. The summed E-state index contributed by atoms with van der Waals surface area (Å²) in [6.45, 7) is 2.25. The van der Waals surface area contributed by atoms with Crippen LogP contribution in [0.25, 0.3) is 0 Å². The Kier molecular flexibility index (Phi) is 2.71. The van der Waals surface area contributed by atoms with E-state index in [1.807, 2.05) is 0 Å². The summed E-state index contributed by atoms with van der Waals surface area (Å²) in [6, 6.07) is 0.646. The molecule has 0 radical (unpaired) electrons. The molecule has 2 aliphatic rings. The third kappa shape index (κ3) is 1.95. The maximum atomic E-state index is 4.70. The third-order valence-corrected chi connectivity index (χ3v) is 3.86. The SMILES string of the molecule is CC[C@@H]1CCC2(C=N1)CCCCC2. The van der Waals surface area contributed by atoms with Crippen molar-refractivity contribution in [3.05, 3.63) is 0 Å². The first-order valence-electron chi connectivity index (χ1n) is 5.89. The van der Waals surface area contributed by atoms with Crippen LogP contribution in [0.1, 0.15) is 58.3 Å². The normalized spacial score (nSPS) is 32.2. The van der Waals surface area contributed by atoms with Crippen LogP contribution in [0.3, 0.4) is 0 Å². The zero-order valence-corrected chi connectivity index (χ0v) is 8.76. The molecule has 0 aromatic rings. The minimum absolute atomic E-state index is 0.546. The van der Waals surface area contributed by atoms with E-state index < -0.39 is 0 Å². The summed E-state index contributed by atoms with van der Waals surface area (Å²) in [7, 11) is 0. The first-order valence-corrected chi connectivity index (χ1v) is 5.89. The van der Waals surface area contributed by atoms with Crippen LogP contribution in [0.5, 0.6) is 0 Å². The molecule has 0 amide bonds. The van der Waals surface area contributed by atoms with Gasteiger partial charge in [-0.1, -0.05) is 26.2 Å². The molecule has 0 aromatic heterocycles. The fourth-order valence-corrected chi connectivity index (χ4v) is 2.80. The van der Waals surface area contributed by atoms with Gasteiger partial charge in [-0.3, -0.25) is 4.99 Å². The number of aliphatic imine (C=N–C) groups is 1. The van der Waals surface area contributed by atoms with E-state index in [1.54, 1.807) is 0 Å². The zero-order valence-electron chi connectivity index (χ0n) is 8.76. The van der Waals surface area contributed by atoms with Gasteiger partial charge in [0, 0.05) is 17.7 Å². The van der Waals surface area contributed by atoms with Gasteiger partial charge in [-0.15, -0.1) is 0 Å². The monoisotopic (exact) mass is 179 g/mol. The van der Waals surface area contributed by atoms with E-state index in [-0.39, 0.29) is 0 Å². The quantitative estimate of drug-likeness (QED) is 0.583. The van der Waals surface area contributed by atoms with Gasteiger partial charge < -0.3 is 0 Å². The van der Waals surface area contributed by atoms with Gasteiger partial charge >= 0.3 is 0 Å². The minimum atomic E-state index is 0.546. The summed E-state index contributed by atoms with van der Waals surface area (Å²) in [6.07, 6.45) is 13.4. The largest absolute Gasteiger partial charge is 0.294 e. The molecule has 1 atom stereocenters. The molecule has 0 saturated heterocycles. The molecule has 13 heavy (non-hydrogen) atoms. The average molecular weight is 179 g/mol. The molecule has 0 unspecified atom stereocenters. The molecule has 74 valence electrons.